The molecule has 0 aliphatic heterocycles. The Morgan fingerprint density at radius 1 is 1.54 bits per heavy atom. The summed E-state index contributed by atoms with van der Waals surface area (Å²) >= 11 is 2.15. The van der Waals surface area contributed by atoms with Gasteiger partial charge in [-0.2, -0.15) is 0 Å². The first-order chi connectivity index (χ1) is 6.09. The molecule has 13 heavy (non-hydrogen) atoms. The first-order valence-electron chi connectivity index (χ1n) is 3.96. The molecule has 0 aromatic carbocycles. The fraction of sp³-hybridized carbons (Fsp3) is 0.500. The summed E-state index contributed by atoms with van der Waals surface area (Å²) < 4.78 is 1.01. The molecule has 1 rings (SSSR count). The zero-order valence-corrected chi connectivity index (χ0v) is 9.76. The maximum atomic E-state index is 9.14. The van der Waals surface area contributed by atoms with Crippen molar-refractivity contribution in [1.29, 1.82) is 0 Å². The van der Waals surface area contributed by atoms with Gasteiger partial charge in [0.2, 0.25) is 5.95 Å². The van der Waals surface area contributed by atoms with Gasteiger partial charge in [-0.15, -0.1) is 0 Å². The van der Waals surface area contributed by atoms with Crippen molar-refractivity contribution in [1.82, 2.24) is 9.97 Å². The predicted molar refractivity (Wildman–Crippen MR) is 59.7 cm³/mol. The summed E-state index contributed by atoms with van der Waals surface area (Å²) in [6, 6.07) is 0. The van der Waals surface area contributed by atoms with Gasteiger partial charge in [-0.05, 0) is 29.5 Å². The second-order valence-electron chi connectivity index (χ2n) is 2.93. The lowest BCUT2D eigenvalue weighted by atomic mass is 10.4. The summed E-state index contributed by atoms with van der Waals surface area (Å²) in [6.07, 6.45) is 3.14. The van der Waals surface area contributed by atoms with Gasteiger partial charge in [0.25, 0.3) is 0 Å². The highest BCUT2D eigenvalue weighted by molar-refractivity contribution is 14.1. The standard InChI is InChI=1S/C8H12IN3O/c1-6(13)5-12(2)8-10-3-7(9)4-11-8/h3-4,6,13H,5H2,1-2H3/t6-/m0/s1. The zero-order chi connectivity index (χ0) is 9.84. The molecule has 1 N–H and O–H groups in total. The number of rotatable bonds is 3. The van der Waals surface area contributed by atoms with Gasteiger partial charge in [0.15, 0.2) is 0 Å². The van der Waals surface area contributed by atoms with E-state index in [9.17, 15) is 0 Å². The molecule has 5 heteroatoms. The highest BCUT2D eigenvalue weighted by atomic mass is 127. The largest absolute Gasteiger partial charge is 0.392 e. The summed E-state index contributed by atoms with van der Waals surface area (Å²) in [4.78, 5) is 10.1. The van der Waals surface area contributed by atoms with Crippen LogP contribution in [-0.4, -0.2) is 34.8 Å². The molecule has 0 bridgehead atoms. The van der Waals surface area contributed by atoms with E-state index < -0.39 is 0 Å². The third kappa shape index (κ3) is 3.43. The molecule has 72 valence electrons. The van der Waals surface area contributed by atoms with E-state index in [1.54, 1.807) is 19.3 Å². The van der Waals surface area contributed by atoms with E-state index in [2.05, 4.69) is 32.6 Å². The lowest BCUT2D eigenvalue weighted by Gasteiger charge is -2.17. The Bertz CT molecular complexity index is 263. The first kappa shape index (κ1) is 10.6. The van der Waals surface area contributed by atoms with Gasteiger partial charge in [0.1, 0.15) is 0 Å². The summed E-state index contributed by atoms with van der Waals surface area (Å²) in [7, 11) is 1.86. The van der Waals surface area contributed by atoms with Crippen molar-refractivity contribution in [3.63, 3.8) is 0 Å². The van der Waals surface area contributed by atoms with E-state index >= 15 is 0 Å². The lowest BCUT2D eigenvalue weighted by molar-refractivity contribution is 0.201. The Balaban J connectivity index is 2.66. The molecule has 0 saturated heterocycles. The second kappa shape index (κ2) is 4.71. The van der Waals surface area contributed by atoms with Gasteiger partial charge >= 0.3 is 0 Å². The summed E-state index contributed by atoms with van der Waals surface area (Å²) in [5.41, 5.74) is 0. The maximum Gasteiger partial charge on any atom is 0.225 e. The fourth-order valence-electron chi connectivity index (χ4n) is 0.981. The molecule has 0 saturated carbocycles. The molecular formula is C8H12IN3O. The van der Waals surface area contributed by atoms with Crippen LogP contribution in [0.4, 0.5) is 5.95 Å². The van der Waals surface area contributed by atoms with E-state index in [0.29, 0.717) is 12.5 Å². The van der Waals surface area contributed by atoms with Crippen molar-refractivity contribution in [3.05, 3.63) is 16.0 Å². The van der Waals surface area contributed by atoms with Crippen molar-refractivity contribution in [3.8, 4) is 0 Å². The molecule has 1 aromatic rings. The maximum absolute atomic E-state index is 9.14. The van der Waals surface area contributed by atoms with E-state index in [1.807, 2.05) is 11.9 Å². The van der Waals surface area contributed by atoms with Crippen LogP contribution in [0.5, 0.6) is 0 Å². The number of aliphatic hydroxyl groups is 1. The molecule has 0 spiro atoms. The average Bonchev–Trinajstić information content (AvgIpc) is 2.04. The van der Waals surface area contributed by atoms with Gasteiger partial charge in [0.05, 0.1) is 6.10 Å². The van der Waals surface area contributed by atoms with Crippen LogP contribution in [0.3, 0.4) is 0 Å². The zero-order valence-electron chi connectivity index (χ0n) is 7.61. The number of aliphatic hydroxyl groups excluding tert-OH is 1. The van der Waals surface area contributed by atoms with E-state index in [-0.39, 0.29) is 6.10 Å². The number of hydrogen-bond donors (Lipinski definition) is 1. The van der Waals surface area contributed by atoms with Crippen LogP contribution < -0.4 is 4.90 Å². The van der Waals surface area contributed by atoms with Crippen molar-refractivity contribution in [2.24, 2.45) is 0 Å². The van der Waals surface area contributed by atoms with Crippen LogP contribution >= 0.6 is 22.6 Å². The molecular weight excluding hydrogens is 281 g/mol. The number of hydrogen-bond acceptors (Lipinski definition) is 4. The minimum atomic E-state index is -0.368. The molecule has 0 fully saturated rings. The number of aromatic nitrogens is 2. The third-order valence-electron chi connectivity index (χ3n) is 1.49. The monoisotopic (exact) mass is 293 g/mol. The van der Waals surface area contributed by atoms with E-state index in [4.69, 9.17) is 5.11 Å². The quantitative estimate of drug-likeness (QED) is 0.841. The lowest BCUT2D eigenvalue weighted by Crippen LogP contribution is -2.28. The molecule has 1 aromatic heterocycles. The van der Waals surface area contributed by atoms with Crippen LogP contribution in [-0.2, 0) is 0 Å². The predicted octanol–water partition coefficient (Wildman–Crippen LogP) is 0.898. The summed E-state index contributed by atoms with van der Waals surface area (Å²) in [6.45, 7) is 2.28. The van der Waals surface area contributed by atoms with Crippen LogP contribution in [0.15, 0.2) is 12.4 Å². The fourth-order valence-corrected chi connectivity index (χ4v) is 1.26. The Kier molecular flexibility index (Phi) is 3.86. The Hall–Kier alpha value is -0.430. The topological polar surface area (TPSA) is 49.2 Å². The second-order valence-corrected chi connectivity index (χ2v) is 4.18. The smallest absolute Gasteiger partial charge is 0.225 e. The Morgan fingerprint density at radius 2 is 2.08 bits per heavy atom. The van der Waals surface area contributed by atoms with E-state index in [1.165, 1.54) is 0 Å². The van der Waals surface area contributed by atoms with Crippen molar-refractivity contribution < 1.29 is 5.11 Å². The normalized spacial score (nSPS) is 12.6. The van der Waals surface area contributed by atoms with Crippen molar-refractivity contribution in [2.75, 3.05) is 18.5 Å². The minimum absolute atomic E-state index is 0.368. The number of nitrogens with zero attached hydrogens (tertiary/aromatic N) is 3. The summed E-state index contributed by atoms with van der Waals surface area (Å²) in [5, 5.41) is 9.14. The Labute approximate surface area is 91.1 Å². The molecule has 1 atom stereocenters. The van der Waals surface area contributed by atoms with Crippen molar-refractivity contribution in [2.45, 2.75) is 13.0 Å². The molecule has 0 aliphatic carbocycles. The van der Waals surface area contributed by atoms with Gasteiger partial charge in [-0.3, -0.25) is 0 Å². The molecule has 4 nitrogen and oxygen atoms in total. The molecule has 0 radical (unpaired) electrons. The molecule has 0 amide bonds. The first-order valence-corrected chi connectivity index (χ1v) is 5.04. The van der Waals surface area contributed by atoms with Crippen molar-refractivity contribution >= 4 is 28.5 Å². The van der Waals surface area contributed by atoms with Gasteiger partial charge in [-0.1, -0.05) is 0 Å². The highest BCUT2D eigenvalue weighted by Crippen LogP contribution is 2.06. The Morgan fingerprint density at radius 3 is 2.54 bits per heavy atom. The van der Waals surface area contributed by atoms with Crippen LogP contribution in [0.2, 0.25) is 0 Å². The van der Waals surface area contributed by atoms with Gasteiger partial charge in [0, 0.05) is 29.6 Å². The molecule has 1 heterocycles. The third-order valence-corrected chi connectivity index (χ3v) is 2.04. The number of likely N-dealkylation sites (N-methyl/N-ethyl adjacent to an activating group) is 1. The molecule has 0 aliphatic rings. The van der Waals surface area contributed by atoms with Crippen LogP contribution in [0.1, 0.15) is 6.92 Å². The average molecular weight is 293 g/mol. The highest BCUT2D eigenvalue weighted by Gasteiger charge is 2.05. The molecule has 0 unspecified atom stereocenters. The van der Waals surface area contributed by atoms with Crippen LogP contribution in [0.25, 0.3) is 0 Å². The van der Waals surface area contributed by atoms with Gasteiger partial charge in [-0.25, -0.2) is 9.97 Å². The van der Waals surface area contributed by atoms with E-state index in [0.717, 1.165) is 3.57 Å². The minimum Gasteiger partial charge on any atom is -0.392 e. The summed E-state index contributed by atoms with van der Waals surface area (Å²) in [5.74, 6) is 0.640. The van der Waals surface area contributed by atoms with Gasteiger partial charge < -0.3 is 10.0 Å². The SMILES string of the molecule is C[C@H](O)CN(C)c1ncc(I)cn1. The number of anilines is 1. The van der Waals surface area contributed by atoms with Crippen LogP contribution in [0, 0.1) is 3.57 Å². The number of halogens is 1.